The minimum absolute atomic E-state index is 0.0205. The van der Waals surface area contributed by atoms with Crippen LogP contribution in [0.4, 0.5) is 27.8 Å². The lowest BCUT2D eigenvalue weighted by Gasteiger charge is -2.35. The number of pyridine rings is 1. The highest BCUT2D eigenvalue weighted by Gasteiger charge is 2.36. The molecule has 2 saturated heterocycles. The molecule has 1 N–H and O–H groups in total. The van der Waals surface area contributed by atoms with Gasteiger partial charge >= 0.3 is 6.18 Å². The van der Waals surface area contributed by atoms with Crippen LogP contribution in [0.2, 0.25) is 5.02 Å². The van der Waals surface area contributed by atoms with Gasteiger partial charge in [0.2, 0.25) is 11.7 Å². The summed E-state index contributed by atoms with van der Waals surface area (Å²) in [7, 11) is 0. The predicted octanol–water partition coefficient (Wildman–Crippen LogP) is 4.65. The number of aromatic nitrogens is 8. The Kier molecular flexibility index (Phi) is 8.36. The minimum Gasteiger partial charge on any atom is -0.473 e. The normalized spacial score (nSPS) is 17.3. The van der Waals surface area contributed by atoms with Crippen molar-refractivity contribution >= 4 is 28.6 Å². The van der Waals surface area contributed by atoms with Crippen LogP contribution in [0, 0.1) is 11.6 Å². The van der Waals surface area contributed by atoms with E-state index in [1.807, 2.05) is 9.47 Å². The molecule has 2 aliphatic heterocycles. The van der Waals surface area contributed by atoms with Gasteiger partial charge in [0.15, 0.2) is 23.1 Å². The zero-order valence-corrected chi connectivity index (χ0v) is 25.3. The third kappa shape index (κ3) is 6.68. The summed E-state index contributed by atoms with van der Waals surface area (Å²) in [5.41, 5.74) is 1.27. The number of hydrogen-bond acceptors (Lipinski definition) is 10. The van der Waals surface area contributed by atoms with Gasteiger partial charge in [0.05, 0.1) is 19.2 Å². The van der Waals surface area contributed by atoms with Crippen LogP contribution in [0.1, 0.15) is 23.6 Å². The molecular formula is C29H26ClF5N10O2. The fraction of sp³-hybridized carbons (Fsp3) is 0.379. The molecule has 0 aliphatic carbocycles. The van der Waals surface area contributed by atoms with Crippen molar-refractivity contribution in [3.63, 3.8) is 0 Å². The third-order valence-electron chi connectivity index (χ3n) is 7.98. The number of alkyl halides is 3. The van der Waals surface area contributed by atoms with Crippen molar-refractivity contribution in [2.75, 3.05) is 37.7 Å². The number of hydrogen-bond donors (Lipinski definition) is 1. The Morgan fingerprint density at radius 3 is 2.47 bits per heavy atom. The van der Waals surface area contributed by atoms with Gasteiger partial charge < -0.3 is 23.9 Å². The number of nitrogens with zero attached hydrogens (tertiary/aromatic N) is 9. The molecule has 1 atom stereocenters. The van der Waals surface area contributed by atoms with Crippen LogP contribution in [-0.4, -0.2) is 83.7 Å². The first-order valence-corrected chi connectivity index (χ1v) is 15.0. The number of fused-ring (bicyclic) bond motifs is 1. The summed E-state index contributed by atoms with van der Waals surface area (Å²) in [5, 5.41) is 15.4. The summed E-state index contributed by atoms with van der Waals surface area (Å²) >= 11 is 5.81. The Balaban J connectivity index is 1.05. The number of imidazole rings is 1. The molecule has 2 fully saturated rings. The van der Waals surface area contributed by atoms with Gasteiger partial charge in [-0.3, -0.25) is 4.90 Å². The quantitative estimate of drug-likeness (QED) is 0.221. The molecule has 246 valence electrons. The van der Waals surface area contributed by atoms with E-state index in [9.17, 15) is 22.0 Å². The molecule has 0 spiro atoms. The number of benzene rings is 1. The van der Waals surface area contributed by atoms with E-state index in [2.05, 4.69) is 35.3 Å². The van der Waals surface area contributed by atoms with E-state index >= 15 is 0 Å². The largest absolute Gasteiger partial charge is 0.473 e. The van der Waals surface area contributed by atoms with Crippen LogP contribution in [0.5, 0.6) is 5.88 Å². The zero-order chi connectivity index (χ0) is 32.7. The molecule has 0 radical (unpaired) electrons. The number of halogens is 6. The Hall–Kier alpha value is -4.48. The van der Waals surface area contributed by atoms with Gasteiger partial charge in [-0.1, -0.05) is 17.7 Å². The molecule has 4 aromatic heterocycles. The van der Waals surface area contributed by atoms with Crippen molar-refractivity contribution in [3.05, 3.63) is 70.3 Å². The molecular weight excluding hydrogens is 651 g/mol. The maximum absolute atomic E-state index is 14.9. The summed E-state index contributed by atoms with van der Waals surface area (Å²) in [6.45, 7) is 3.51. The first-order valence-electron chi connectivity index (χ1n) is 14.7. The second-order valence-electron chi connectivity index (χ2n) is 11.1. The van der Waals surface area contributed by atoms with Gasteiger partial charge in [-0.25, -0.2) is 13.8 Å². The highest BCUT2D eigenvalue weighted by atomic mass is 35.5. The summed E-state index contributed by atoms with van der Waals surface area (Å²) in [4.78, 5) is 15.2. The number of rotatable bonds is 9. The van der Waals surface area contributed by atoms with Gasteiger partial charge in [0.25, 0.3) is 0 Å². The maximum atomic E-state index is 14.9. The molecule has 1 aromatic carbocycles. The summed E-state index contributed by atoms with van der Waals surface area (Å²) in [6, 6.07) is 8.45. The van der Waals surface area contributed by atoms with Crippen molar-refractivity contribution in [2.24, 2.45) is 0 Å². The van der Waals surface area contributed by atoms with Gasteiger partial charge in [0.1, 0.15) is 29.5 Å². The molecule has 0 amide bonds. The maximum Gasteiger partial charge on any atom is 0.451 e. The summed E-state index contributed by atoms with van der Waals surface area (Å²) in [6.07, 6.45) is -3.83. The highest BCUT2D eigenvalue weighted by Crippen LogP contribution is 2.29. The third-order valence-corrected chi connectivity index (χ3v) is 8.21. The Morgan fingerprint density at radius 2 is 1.77 bits per heavy atom. The van der Waals surface area contributed by atoms with Crippen molar-refractivity contribution in [3.8, 4) is 17.4 Å². The Bertz CT molecular complexity index is 1910. The monoisotopic (exact) mass is 676 g/mol. The molecule has 1 unspecified atom stereocenters. The van der Waals surface area contributed by atoms with E-state index in [4.69, 9.17) is 26.1 Å². The van der Waals surface area contributed by atoms with Crippen LogP contribution >= 0.6 is 11.6 Å². The van der Waals surface area contributed by atoms with E-state index < -0.39 is 23.6 Å². The molecule has 47 heavy (non-hydrogen) atoms. The Morgan fingerprint density at radius 1 is 0.957 bits per heavy atom. The van der Waals surface area contributed by atoms with Crippen LogP contribution < -0.4 is 9.64 Å². The molecule has 12 nitrogen and oxygen atoms in total. The number of piperazine rings is 1. The highest BCUT2D eigenvalue weighted by molar-refractivity contribution is 6.30. The van der Waals surface area contributed by atoms with Crippen LogP contribution in [0.3, 0.4) is 0 Å². The number of ether oxygens (including phenoxy) is 2. The molecule has 2 aliphatic rings. The molecule has 18 heteroatoms. The second-order valence-corrected chi connectivity index (χ2v) is 11.6. The van der Waals surface area contributed by atoms with Gasteiger partial charge in [-0.15, -0.1) is 20.4 Å². The van der Waals surface area contributed by atoms with E-state index in [0.29, 0.717) is 68.4 Å². The standard InChI is InChI=1S/C29H26ClF5N10O2/c30-17-2-1-16(20(32)11-17)15-47-24-4-3-19(31)26(37-24)44-8-6-43(7-9-44)14-23-36-22-12-21(25-38-28(42-40-25)29(33,34)35)39-41-27(22)45(23)13-18-5-10-46-18/h1-4,11-12,18H,5-10,13-15H2,(H,38,40,42). The fourth-order valence-electron chi connectivity index (χ4n) is 5.36. The van der Waals surface area contributed by atoms with Crippen molar-refractivity contribution < 1.29 is 31.4 Å². The lowest BCUT2D eigenvalue weighted by Crippen LogP contribution is -2.47. The average Bonchev–Trinajstić information content (AvgIpc) is 3.65. The van der Waals surface area contributed by atoms with E-state index in [1.165, 1.54) is 30.3 Å². The molecule has 0 bridgehead atoms. The number of aromatic amines is 1. The zero-order valence-electron chi connectivity index (χ0n) is 24.5. The second kappa shape index (κ2) is 12.6. The van der Waals surface area contributed by atoms with E-state index in [1.54, 1.807) is 6.07 Å². The number of H-pyrrole nitrogens is 1. The lowest BCUT2D eigenvalue weighted by atomic mass is 10.2. The molecule has 7 rings (SSSR count). The van der Waals surface area contributed by atoms with Gasteiger partial charge in [-0.05, 0) is 30.7 Å². The van der Waals surface area contributed by atoms with Crippen molar-refractivity contribution in [1.29, 1.82) is 0 Å². The van der Waals surface area contributed by atoms with Gasteiger partial charge in [0, 0.05) is 49.4 Å². The average molecular weight is 677 g/mol. The van der Waals surface area contributed by atoms with Crippen LogP contribution in [-0.2, 0) is 30.6 Å². The summed E-state index contributed by atoms with van der Waals surface area (Å²) in [5.74, 6) is -1.44. The predicted molar refractivity (Wildman–Crippen MR) is 157 cm³/mol. The van der Waals surface area contributed by atoms with Gasteiger partial charge in [-0.2, -0.15) is 18.2 Å². The first-order chi connectivity index (χ1) is 22.6. The topological polar surface area (TPSA) is 123 Å². The molecule has 0 saturated carbocycles. The first kappa shape index (κ1) is 31.1. The van der Waals surface area contributed by atoms with Crippen molar-refractivity contribution in [1.82, 2.24) is 44.8 Å². The van der Waals surface area contributed by atoms with E-state index in [-0.39, 0.29) is 40.9 Å². The molecule has 5 aromatic rings. The summed E-state index contributed by atoms with van der Waals surface area (Å²) < 4.78 is 81.3. The van der Waals surface area contributed by atoms with Crippen molar-refractivity contribution in [2.45, 2.75) is 38.4 Å². The number of nitrogens with one attached hydrogen (secondary N) is 1. The van der Waals surface area contributed by atoms with Crippen LogP contribution in [0.15, 0.2) is 36.4 Å². The SMILES string of the molecule is Fc1cc(Cl)ccc1COc1ccc(F)c(N2CCN(Cc3nc4cc(-c5nnc(C(F)(F)F)[nH]5)nnc4n3CC3CCO3)CC2)n1. The minimum atomic E-state index is -4.68. The fourth-order valence-corrected chi connectivity index (χ4v) is 5.52. The number of anilines is 1. The Labute approximate surface area is 268 Å². The lowest BCUT2D eigenvalue weighted by molar-refractivity contribution is -0.144. The smallest absolute Gasteiger partial charge is 0.451 e. The van der Waals surface area contributed by atoms with Crippen LogP contribution in [0.25, 0.3) is 22.7 Å². The molecule has 6 heterocycles. The van der Waals surface area contributed by atoms with E-state index in [0.717, 1.165) is 6.42 Å².